The summed E-state index contributed by atoms with van der Waals surface area (Å²) in [6.45, 7) is 0.236. The minimum absolute atomic E-state index is 0.236. The third kappa shape index (κ3) is 2.60. The fourth-order valence-corrected chi connectivity index (χ4v) is 3.38. The predicted octanol–water partition coefficient (Wildman–Crippen LogP) is 0.861. The molecule has 0 aromatic heterocycles. The van der Waals surface area contributed by atoms with Gasteiger partial charge in [0.2, 0.25) is 0 Å². The Balaban J connectivity index is 2.83. The number of aliphatic hydroxyl groups excluding tert-OH is 1. The number of aliphatic hydroxyl groups is 1. The number of rotatable bonds is 3. The molecule has 3 heteroatoms. The summed E-state index contributed by atoms with van der Waals surface area (Å²) in [5, 5.41) is 8.73. The van der Waals surface area contributed by atoms with E-state index >= 15 is 0 Å². The van der Waals surface area contributed by atoms with Crippen LogP contribution in [0.3, 0.4) is 0 Å². The van der Waals surface area contributed by atoms with E-state index in [2.05, 4.69) is 26.2 Å². The Labute approximate surface area is 79.7 Å². The van der Waals surface area contributed by atoms with Gasteiger partial charge >= 0.3 is 79.7 Å². The van der Waals surface area contributed by atoms with Gasteiger partial charge in [-0.1, -0.05) is 0 Å². The van der Waals surface area contributed by atoms with Crippen molar-refractivity contribution in [3.63, 3.8) is 0 Å². The van der Waals surface area contributed by atoms with Gasteiger partial charge in [-0.05, 0) is 0 Å². The summed E-state index contributed by atoms with van der Waals surface area (Å²) in [6.07, 6.45) is 0.767. The van der Waals surface area contributed by atoms with Crippen molar-refractivity contribution in [3.8, 4) is 0 Å². The maximum absolute atomic E-state index is 8.73. The second-order valence-corrected chi connectivity index (χ2v) is 5.09. The molecule has 0 fully saturated rings. The van der Waals surface area contributed by atoms with Crippen molar-refractivity contribution in [1.82, 2.24) is 0 Å². The molecule has 11 heavy (non-hydrogen) atoms. The quantitative estimate of drug-likeness (QED) is 0.814. The first-order valence-electron chi connectivity index (χ1n) is 3.36. The molecule has 0 unspecified atom stereocenters. The Morgan fingerprint density at radius 1 is 1.36 bits per heavy atom. The van der Waals surface area contributed by atoms with Gasteiger partial charge in [0.1, 0.15) is 0 Å². The van der Waals surface area contributed by atoms with E-state index in [0.717, 1.165) is 6.42 Å². The van der Waals surface area contributed by atoms with Crippen LogP contribution in [-0.4, -0.2) is 24.9 Å². The molecular formula is C8H9BrOSe. The van der Waals surface area contributed by atoms with E-state index in [1.807, 2.05) is 12.1 Å². The Kier molecular flexibility index (Phi) is 4.16. The molecule has 1 aromatic carbocycles. The first-order valence-corrected chi connectivity index (χ1v) is 8.22. The number of halogens is 1. The molecule has 0 aliphatic heterocycles. The van der Waals surface area contributed by atoms with Crippen LogP contribution in [0.4, 0.5) is 0 Å². The van der Waals surface area contributed by atoms with Crippen LogP contribution in [-0.2, 0) is 6.42 Å². The molecule has 0 saturated carbocycles. The SMILES string of the molecule is OCCc1ccccc1[Se]Br. The summed E-state index contributed by atoms with van der Waals surface area (Å²) in [4.78, 5) is 0. The molecule has 1 aromatic rings. The number of benzene rings is 1. The molecular weight excluding hydrogens is 271 g/mol. The summed E-state index contributed by atoms with van der Waals surface area (Å²) < 4.78 is 1.33. The van der Waals surface area contributed by atoms with Gasteiger partial charge in [0.15, 0.2) is 0 Å². The van der Waals surface area contributed by atoms with Crippen LogP contribution in [0.5, 0.6) is 0 Å². The van der Waals surface area contributed by atoms with E-state index in [9.17, 15) is 0 Å². The van der Waals surface area contributed by atoms with Crippen molar-refractivity contribution in [2.75, 3.05) is 6.61 Å². The standard InChI is InChI=1S/C8H9BrOSe/c9-11-8-4-2-1-3-7(8)5-6-10/h1-4,10H,5-6H2. The average Bonchev–Trinajstić information content (AvgIpc) is 2.06. The number of hydrogen-bond acceptors (Lipinski definition) is 1. The third-order valence-electron chi connectivity index (χ3n) is 1.44. The molecule has 0 bridgehead atoms. The zero-order valence-corrected chi connectivity index (χ0v) is 9.26. The monoisotopic (exact) mass is 280 g/mol. The normalized spacial score (nSPS) is 10.0. The molecule has 0 heterocycles. The summed E-state index contributed by atoms with van der Waals surface area (Å²) in [7, 11) is 0. The van der Waals surface area contributed by atoms with Crippen molar-refractivity contribution in [1.29, 1.82) is 0 Å². The fraction of sp³-hybridized carbons (Fsp3) is 0.250. The van der Waals surface area contributed by atoms with Gasteiger partial charge in [-0.25, -0.2) is 0 Å². The zero-order valence-electron chi connectivity index (χ0n) is 5.96. The van der Waals surface area contributed by atoms with E-state index in [4.69, 9.17) is 5.11 Å². The van der Waals surface area contributed by atoms with Crippen molar-refractivity contribution in [3.05, 3.63) is 29.8 Å². The average molecular weight is 280 g/mol. The van der Waals surface area contributed by atoms with Crippen LogP contribution in [0.1, 0.15) is 5.56 Å². The van der Waals surface area contributed by atoms with E-state index in [-0.39, 0.29) is 6.61 Å². The molecule has 0 aliphatic rings. The summed E-state index contributed by atoms with van der Waals surface area (Å²) in [5.74, 6) is 0. The van der Waals surface area contributed by atoms with Gasteiger partial charge in [0.05, 0.1) is 0 Å². The molecule has 0 saturated heterocycles. The Hall–Kier alpha value is 0.179. The van der Waals surface area contributed by atoms with Crippen LogP contribution >= 0.6 is 14.1 Å². The number of hydrogen-bond donors (Lipinski definition) is 1. The molecule has 0 radical (unpaired) electrons. The predicted molar refractivity (Wildman–Crippen MR) is 51.5 cm³/mol. The van der Waals surface area contributed by atoms with Gasteiger partial charge in [0.25, 0.3) is 0 Å². The van der Waals surface area contributed by atoms with Gasteiger partial charge in [0, 0.05) is 0 Å². The first-order chi connectivity index (χ1) is 5.38. The summed E-state index contributed by atoms with van der Waals surface area (Å²) in [5.41, 5.74) is 1.26. The topological polar surface area (TPSA) is 20.2 Å². The molecule has 0 spiro atoms. The van der Waals surface area contributed by atoms with Crippen LogP contribution in [0, 0.1) is 0 Å². The molecule has 0 amide bonds. The minimum atomic E-state index is 0.236. The van der Waals surface area contributed by atoms with Gasteiger partial charge in [-0.3, -0.25) is 0 Å². The van der Waals surface area contributed by atoms with Crippen molar-refractivity contribution < 1.29 is 5.11 Å². The Bertz CT molecular complexity index is 227. The van der Waals surface area contributed by atoms with Crippen LogP contribution < -0.4 is 4.46 Å². The molecule has 1 N–H and O–H groups in total. The van der Waals surface area contributed by atoms with Gasteiger partial charge < -0.3 is 0 Å². The summed E-state index contributed by atoms with van der Waals surface area (Å²) in [6, 6.07) is 8.20. The van der Waals surface area contributed by atoms with Crippen molar-refractivity contribution in [2.24, 2.45) is 0 Å². The van der Waals surface area contributed by atoms with E-state index in [1.165, 1.54) is 10.0 Å². The maximum atomic E-state index is 8.73. The third-order valence-corrected chi connectivity index (χ3v) is 4.43. The first kappa shape index (κ1) is 9.27. The molecule has 1 rings (SSSR count). The van der Waals surface area contributed by atoms with Crippen LogP contribution in [0.2, 0.25) is 0 Å². The van der Waals surface area contributed by atoms with Crippen LogP contribution in [0.15, 0.2) is 24.3 Å². The molecule has 0 aliphatic carbocycles. The molecule has 1 nitrogen and oxygen atoms in total. The fourth-order valence-electron chi connectivity index (χ4n) is 0.906. The second-order valence-electron chi connectivity index (χ2n) is 2.16. The second kappa shape index (κ2) is 4.94. The zero-order chi connectivity index (χ0) is 8.10. The van der Waals surface area contributed by atoms with Crippen LogP contribution in [0.25, 0.3) is 0 Å². The Morgan fingerprint density at radius 2 is 2.09 bits per heavy atom. The van der Waals surface area contributed by atoms with Gasteiger partial charge in [-0.2, -0.15) is 0 Å². The van der Waals surface area contributed by atoms with E-state index in [1.54, 1.807) is 0 Å². The summed E-state index contributed by atoms with van der Waals surface area (Å²) >= 11 is 3.82. The van der Waals surface area contributed by atoms with Gasteiger partial charge in [-0.15, -0.1) is 0 Å². The Morgan fingerprint density at radius 3 is 2.73 bits per heavy atom. The van der Waals surface area contributed by atoms with Crippen molar-refractivity contribution in [2.45, 2.75) is 6.42 Å². The van der Waals surface area contributed by atoms with Crippen molar-refractivity contribution >= 4 is 31.7 Å². The van der Waals surface area contributed by atoms with E-state index in [0.29, 0.717) is 13.1 Å². The molecule has 0 atom stereocenters. The molecule has 60 valence electrons. The van der Waals surface area contributed by atoms with E-state index < -0.39 is 0 Å².